The Bertz CT molecular complexity index is 1230. The normalized spacial score (nSPS) is 34.2. The topological polar surface area (TPSA) is 76.7 Å². The van der Waals surface area contributed by atoms with Crippen molar-refractivity contribution in [2.45, 2.75) is 87.5 Å². The van der Waals surface area contributed by atoms with E-state index in [-0.39, 0.29) is 11.6 Å². The minimum Gasteiger partial charge on any atom is -0.461 e. The van der Waals surface area contributed by atoms with Crippen molar-refractivity contribution in [1.29, 1.82) is 0 Å². The van der Waals surface area contributed by atoms with Crippen molar-refractivity contribution in [3.8, 4) is 6.01 Å². The molecule has 3 aliphatic heterocycles. The lowest BCUT2D eigenvalue weighted by molar-refractivity contribution is -0.0855. The van der Waals surface area contributed by atoms with E-state index in [9.17, 15) is 8.78 Å². The maximum Gasteiger partial charge on any atom is 0.318 e. The first-order chi connectivity index (χ1) is 17.9. The van der Waals surface area contributed by atoms with Crippen LogP contribution in [0.3, 0.4) is 0 Å². The van der Waals surface area contributed by atoms with E-state index in [1.54, 1.807) is 0 Å². The molecule has 37 heavy (non-hydrogen) atoms. The molecule has 5 aliphatic rings. The Labute approximate surface area is 216 Å². The number of fused-ring (bicyclic) bond motifs is 4. The number of alkyl halides is 2. The van der Waals surface area contributed by atoms with Gasteiger partial charge in [-0.3, -0.25) is 4.90 Å². The van der Waals surface area contributed by atoms with Gasteiger partial charge in [0.05, 0.1) is 29.5 Å². The number of ether oxygens (including phenoxy) is 2. The van der Waals surface area contributed by atoms with Crippen molar-refractivity contribution in [1.82, 2.24) is 14.9 Å². The molecule has 0 bridgehead atoms. The maximum absolute atomic E-state index is 14.3. The predicted molar refractivity (Wildman–Crippen MR) is 136 cm³/mol. The Balaban J connectivity index is 1.24. The van der Waals surface area contributed by atoms with Crippen molar-refractivity contribution < 1.29 is 18.3 Å². The monoisotopic (exact) mass is 511 g/mol. The van der Waals surface area contributed by atoms with Crippen LogP contribution >= 0.6 is 0 Å². The summed E-state index contributed by atoms with van der Waals surface area (Å²) in [5, 5.41) is 0. The standard InChI is InChI=1S/C28H35F2N5O2/c1-34(24-11-22(24)30)25-20-15-37-28(8-2-4-17-5-6-19(31)10-21(17)28)13-23(20)32-26(33-25)36-16-27-7-3-9-35(27)14-18(29)12-27/h5-6,10,18,22,24H,2-4,7-9,11-16,31H2,1H3/t18-,22-,24-,27?,28+/m1/s1. The smallest absolute Gasteiger partial charge is 0.318 e. The molecule has 9 heteroatoms. The quantitative estimate of drug-likeness (QED) is 0.611. The predicted octanol–water partition coefficient (Wildman–Crippen LogP) is 3.87. The molecule has 7 nitrogen and oxygen atoms in total. The molecule has 1 saturated carbocycles. The summed E-state index contributed by atoms with van der Waals surface area (Å²) in [4.78, 5) is 13.8. The fourth-order valence-electron chi connectivity index (χ4n) is 7.30. The van der Waals surface area contributed by atoms with Gasteiger partial charge < -0.3 is 20.1 Å². The number of anilines is 2. The van der Waals surface area contributed by atoms with Crippen LogP contribution in [0.25, 0.3) is 0 Å². The third-order valence-electron chi connectivity index (χ3n) is 9.39. The van der Waals surface area contributed by atoms with Gasteiger partial charge in [0.15, 0.2) is 0 Å². The Kier molecular flexibility index (Phi) is 5.42. The minimum absolute atomic E-state index is 0.191. The number of nitrogens with two attached hydrogens (primary N) is 1. The maximum atomic E-state index is 14.3. The summed E-state index contributed by atoms with van der Waals surface area (Å²) in [6, 6.07) is 6.21. The highest BCUT2D eigenvalue weighted by Gasteiger charge is 2.50. The highest BCUT2D eigenvalue weighted by molar-refractivity contribution is 5.54. The number of benzene rings is 1. The number of aromatic nitrogens is 2. The lowest BCUT2D eigenvalue weighted by Gasteiger charge is -2.43. The molecule has 1 spiro atoms. The lowest BCUT2D eigenvalue weighted by atomic mass is 9.74. The number of aryl methyl sites for hydroxylation is 1. The van der Waals surface area contributed by atoms with Gasteiger partial charge in [0, 0.05) is 44.1 Å². The van der Waals surface area contributed by atoms with E-state index >= 15 is 0 Å². The van der Waals surface area contributed by atoms with Crippen LogP contribution < -0.4 is 15.4 Å². The van der Waals surface area contributed by atoms with Crippen molar-refractivity contribution in [3.05, 3.63) is 40.6 Å². The van der Waals surface area contributed by atoms with Gasteiger partial charge in [-0.25, -0.2) is 8.78 Å². The molecular formula is C28H35F2N5O2. The molecule has 1 aromatic carbocycles. The molecule has 5 atom stereocenters. The van der Waals surface area contributed by atoms with Crippen LogP contribution in [0, 0.1) is 0 Å². The summed E-state index contributed by atoms with van der Waals surface area (Å²) in [5.41, 5.74) is 10.3. The number of nitrogens with zero attached hydrogens (tertiary/aromatic N) is 4. The van der Waals surface area contributed by atoms with Gasteiger partial charge in [-0.2, -0.15) is 9.97 Å². The van der Waals surface area contributed by atoms with E-state index in [1.807, 2.05) is 24.1 Å². The Morgan fingerprint density at radius 2 is 2.11 bits per heavy atom. The zero-order valence-corrected chi connectivity index (χ0v) is 21.4. The molecular weight excluding hydrogens is 476 g/mol. The summed E-state index contributed by atoms with van der Waals surface area (Å²) in [6.07, 6.45) is 4.81. The fraction of sp³-hybridized carbons (Fsp3) is 0.643. The second-order valence-corrected chi connectivity index (χ2v) is 11.8. The van der Waals surface area contributed by atoms with Gasteiger partial charge >= 0.3 is 6.01 Å². The summed E-state index contributed by atoms with van der Waals surface area (Å²) < 4.78 is 41.3. The van der Waals surface area contributed by atoms with Crippen molar-refractivity contribution in [2.24, 2.45) is 0 Å². The molecule has 3 fully saturated rings. The SMILES string of the molecule is CN(c1nc(OCC23CCCN2C[C@H](F)C3)nc2c1CO[C@@]1(CCCc3ccc(N)cc31)C2)[C@@H]1C[C@H]1F. The van der Waals surface area contributed by atoms with E-state index in [0.29, 0.717) is 50.8 Å². The van der Waals surface area contributed by atoms with E-state index in [2.05, 4.69) is 11.0 Å². The minimum atomic E-state index is -0.852. The largest absolute Gasteiger partial charge is 0.461 e. The lowest BCUT2D eigenvalue weighted by Crippen LogP contribution is -2.44. The molecule has 0 amide bonds. The highest BCUT2D eigenvalue weighted by atomic mass is 19.1. The number of hydrogen-bond acceptors (Lipinski definition) is 7. The van der Waals surface area contributed by atoms with Gasteiger partial charge in [-0.15, -0.1) is 0 Å². The van der Waals surface area contributed by atoms with Crippen LogP contribution in [-0.2, 0) is 29.8 Å². The van der Waals surface area contributed by atoms with Gasteiger partial charge in [0.2, 0.25) is 0 Å². The third-order valence-corrected chi connectivity index (χ3v) is 9.39. The van der Waals surface area contributed by atoms with Crippen LogP contribution in [0.1, 0.15) is 60.9 Å². The molecule has 198 valence electrons. The van der Waals surface area contributed by atoms with Gasteiger partial charge in [-0.1, -0.05) is 6.07 Å². The first-order valence-electron chi connectivity index (χ1n) is 13.7. The number of halogens is 2. The number of rotatable bonds is 5. The second kappa shape index (κ2) is 8.50. The second-order valence-electron chi connectivity index (χ2n) is 11.8. The molecule has 2 aliphatic carbocycles. The van der Waals surface area contributed by atoms with Crippen molar-refractivity contribution >= 4 is 11.5 Å². The van der Waals surface area contributed by atoms with Crippen molar-refractivity contribution in [2.75, 3.05) is 37.4 Å². The molecule has 4 heterocycles. The number of nitrogen functional groups attached to an aromatic ring is 1. The highest BCUT2D eigenvalue weighted by Crippen LogP contribution is 2.47. The van der Waals surface area contributed by atoms with Gasteiger partial charge in [0.1, 0.15) is 24.8 Å². The summed E-state index contributed by atoms with van der Waals surface area (Å²) >= 11 is 0. The summed E-state index contributed by atoms with van der Waals surface area (Å²) in [7, 11) is 1.89. The van der Waals surface area contributed by atoms with Gasteiger partial charge in [0.25, 0.3) is 0 Å². The van der Waals surface area contributed by atoms with Crippen LogP contribution in [-0.4, -0.2) is 65.5 Å². The molecule has 1 unspecified atom stereocenters. The van der Waals surface area contributed by atoms with Crippen LogP contribution in [0.5, 0.6) is 6.01 Å². The Hall–Kier alpha value is -2.52. The van der Waals surface area contributed by atoms with Crippen LogP contribution in [0.15, 0.2) is 18.2 Å². The molecule has 2 aromatic rings. The molecule has 2 saturated heterocycles. The van der Waals surface area contributed by atoms with E-state index in [4.69, 9.17) is 25.2 Å². The molecule has 7 rings (SSSR count). The first kappa shape index (κ1) is 23.6. The number of hydrogen-bond donors (Lipinski definition) is 1. The Morgan fingerprint density at radius 1 is 1.24 bits per heavy atom. The third kappa shape index (κ3) is 3.88. The van der Waals surface area contributed by atoms with Gasteiger partial charge in [-0.05, 0) is 61.9 Å². The molecule has 1 aromatic heterocycles. The van der Waals surface area contributed by atoms with E-state index in [1.165, 1.54) is 5.56 Å². The molecule has 0 radical (unpaired) electrons. The summed E-state index contributed by atoms with van der Waals surface area (Å²) in [6.45, 7) is 2.11. The van der Waals surface area contributed by atoms with Crippen molar-refractivity contribution in [3.63, 3.8) is 0 Å². The fourth-order valence-corrected chi connectivity index (χ4v) is 7.30. The summed E-state index contributed by atoms with van der Waals surface area (Å²) in [5.74, 6) is 0.680. The van der Waals surface area contributed by atoms with E-state index in [0.717, 1.165) is 61.2 Å². The van der Waals surface area contributed by atoms with Crippen LogP contribution in [0.4, 0.5) is 20.3 Å². The van der Waals surface area contributed by atoms with Crippen LogP contribution in [0.2, 0.25) is 0 Å². The zero-order valence-electron chi connectivity index (χ0n) is 21.4. The molecule has 2 N–H and O–H groups in total. The average Bonchev–Trinajstić information content (AvgIpc) is 3.36. The average molecular weight is 512 g/mol. The van der Waals surface area contributed by atoms with E-state index < -0.39 is 17.9 Å². The zero-order chi connectivity index (χ0) is 25.4. The first-order valence-corrected chi connectivity index (χ1v) is 13.7. The Morgan fingerprint density at radius 3 is 2.95 bits per heavy atom.